The molecule has 4 rings (SSSR count). The summed E-state index contributed by atoms with van der Waals surface area (Å²) in [4.78, 5) is 16.4. The minimum atomic E-state index is -4.55. The number of thioether (sulfide) groups is 1. The molecule has 0 unspecified atom stereocenters. The fourth-order valence-corrected chi connectivity index (χ4v) is 3.81. The summed E-state index contributed by atoms with van der Waals surface area (Å²) in [7, 11) is 0. The molecule has 0 saturated carbocycles. The van der Waals surface area contributed by atoms with Crippen molar-refractivity contribution in [1.29, 1.82) is 0 Å². The number of benzene rings is 2. The number of carbonyl (C=O) groups is 1. The molecule has 3 aromatic rings. The second kappa shape index (κ2) is 8.04. The average molecular weight is 449 g/mol. The van der Waals surface area contributed by atoms with Gasteiger partial charge in [-0.05, 0) is 48.2 Å². The van der Waals surface area contributed by atoms with Crippen LogP contribution >= 0.6 is 23.4 Å². The third kappa shape index (κ3) is 4.29. The van der Waals surface area contributed by atoms with Crippen LogP contribution in [0.15, 0.2) is 75.0 Å². The Labute approximate surface area is 178 Å². The second-order valence-corrected chi connectivity index (χ2v) is 7.62. The second-order valence-electron chi connectivity index (χ2n) is 6.18. The number of aliphatic imine (C=N–C) groups is 1. The fraction of sp³-hybridized carbons (Fsp3) is 0.0476. The summed E-state index contributed by atoms with van der Waals surface area (Å²) in [6.45, 7) is 0. The maximum atomic E-state index is 13.1. The molecule has 152 valence electrons. The Hall–Kier alpha value is -2.97. The first-order chi connectivity index (χ1) is 14.3. The van der Waals surface area contributed by atoms with Gasteiger partial charge in [-0.2, -0.15) is 13.2 Å². The predicted molar refractivity (Wildman–Crippen MR) is 111 cm³/mol. The number of furan rings is 1. The van der Waals surface area contributed by atoms with E-state index in [0.29, 0.717) is 22.1 Å². The van der Waals surface area contributed by atoms with Gasteiger partial charge in [0.1, 0.15) is 11.5 Å². The molecule has 1 aromatic heterocycles. The van der Waals surface area contributed by atoms with E-state index in [2.05, 4.69) is 10.3 Å². The molecule has 2 aromatic carbocycles. The summed E-state index contributed by atoms with van der Waals surface area (Å²) >= 11 is 7.10. The lowest BCUT2D eigenvalue weighted by Crippen LogP contribution is -2.19. The van der Waals surface area contributed by atoms with Crippen LogP contribution in [-0.2, 0) is 11.0 Å². The molecule has 1 N–H and O–H groups in total. The van der Waals surface area contributed by atoms with Crippen LogP contribution in [0, 0.1) is 0 Å². The molecular formula is C21H12ClF3N2O2S. The quantitative estimate of drug-likeness (QED) is 0.465. The molecule has 1 saturated heterocycles. The molecule has 9 heteroatoms. The Morgan fingerprint density at radius 1 is 1.03 bits per heavy atom. The van der Waals surface area contributed by atoms with Gasteiger partial charge in [-0.15, -0.1) is 0 Å². The summed E-state index contributed by atoms with van der Waals surface area (Å²) in [5.74, 6) is 0.460. The van der Waals surface area contributed by atoms with Crippen molar-refractivity contribution in [3.05, 3.63) is 81.9 Å². The van der Waals surface area contributed by atoms with Crippen LogP contribution in [0.25, 0.3) is 17.4 Å². The third-order valence-corrected chi connectivity index (χ3v) is 5.36. The fourth-order valence-electron chi connectivity index (χ4n) is 2.77. The van der Waals surface area contributed by atoms with Crippen LogP contribution in [0.3, 0.4) is 0 Å². The van der Waals surface area contributed by atoms with Crippen LogP contribution in [-0.4, -0.2) is 11.1 Å². The van der Waals surface area contributed by atoms with Gasteiger partial charge in [0.2, 0.25) is 0 Å². The summed E-state index contributed by atoms with van der Waals surface area (Å²) in [6.07, 6.45) is -3.05. The maximum absolute atomic E-state index is 13.1. The van der Waals surface area contributed by atoms with Gasteiger partial charge in [0.05, 0.1) is 21.2 Å². The lowest BCUT2D eigenvalue weighted by atomic mass is 10.2. The first-order valence-corrected chi connectivity index (χ1v) is 9.81. The van der Waals surface area contributed by atoms with E-state index in [-0.39, 0.29) is 15.8 Å². The van der Waals surface area contributed by atoms with E-state index in [1.54, 1.807) is 30.3 Å². The molecule has 1 fully saturated rings. The lowest BCUT2D eigenvalue weighted by Gasteiger charge is -2.09. The molecule has 0 atom stereocenters. The van der Waals surface area contributed by atoms with E-state index in [1.807, 2.05) is 6.07 Å². The molecule has 4 nitrogen and oxygen atoms in total. The molecule has 1 amide bonds. The number of rotatable bonds is 3. The van der Waals surface area contributed by atoms with Crippen LogP contribution in [0.1, 0.15) is 11.3 Å². The van der Waals surface area contributed by atoms with E-state index < -0.39 is 17.6 Å². The zero-order valence-corrected chi connectivity index (χ0v) is 16.6. The van der Waals surface area contributed by atoms with Crippen LogP contribution in [0.2, 0.25) is 5.02 Å². The average Bonchev–Trinajstić information content (AvgIpc) is 3.29. The van der Waals surface area contributed by atoms with Gasteiger partial charge in [-0.1, -0.05) is 35.9 Å². The highest BCUT2D eigenvalue weighted by molar-refractivity contribution is 8.18. The van der Waals surface area contributed by atoms with Crippen LogP contribution < -0.4 is 5.32 Å². The number of amidine groups is 1. The third-order valence-electron chi connectivity index (χ3n) is 4.12. The molecule has 1 aliphatic heterocycles. The standard InChI is InChI=1S/C21H12ClF3N2O2S/c22-15-7-3-1-5-13(15)17-10-9-12(29-17)11-18-19(28)27-20(30-18)26-16-8-4-2-6-14(16)21(23,24)25/h1-11H,(H,26,27,28). The predicted octanol–water partition coefficient (Wildman–Crippen LogP) is 6.51. The van der Waals surface area contributed by atoms with E-state index in [9.17, 15) is 18.0 Å². The van der Waals surface area contributed by atoms with Crippen molar-refractivity contribution >= 4 is 46.2 Å². The number of carbonyl (C=O) groups excluding carboxylic acids is 1. The SMILES string of the molecule is O=C1NC(=Nc2ccccc2C(F)(F)F)SC1=Cc1ccc(-c2ccccc2Cl)o1. The van der Waals surface area contributed by atoms with Gasteiger partial charge in [0.15, 0.2) is 5.17 Å². The molecule has 2 heterocycles. The first-order valence-electron chi connectivity index (χ1n) is 8.62. The van der Waals surface area contributed by atoms with Gasteiger partial charge in [-0.3, -0.25) is 4.79 Å². The molecule has 0 spiro atoms. The van der Waals surface area contributed by atoms with Gasteiger partial charge in [0.25, 0.3) is 5.91 Å². The molecule has 30 heavy (non-hydrogen) atoms. The topological polar surface area (TPSA) is 54.6 Å². The van der Waals surface area contributed by atoms with E-state index in [1.165, 1.54) is 24.3 Å². The number of hydrogen-bond acceptors (Lipinski definition) is 4. The largest absolute Gasteiger partial charge is 0.457 e. The van der Waals surface area contributed by atoms with Gasteiger partial charge in [-0.25, -0.2) is 4.99 Å². The smallest absolute Gasteiger partial charge is 0.418 e. The van der Waals surface area contributed by atoms with Crippen LogP contribution in [0.5, 0.6) is 0 Å². The monoisotopic (exact) mass is 448 g/mol. The maximum Gasteiger partial charge on any atom is 0.418 e. The molecule has 1 aliphatic rings. The zero-order chi connectivity index (χ0) is 21.3. The summed E-state index contributed by atoms with van der Waals surface area (Å²) < 4.78 is 45.1. The van der Waals surface area contributed by atoms with Crippen molar-refractivity contribution < 1.29 is 22.4 Å². The number of hydrogen-bond donors (Lipinski definition) is 1. The number of halogens is 4. The Morgan fingerprint density at radius 2 is 1.77 bits per heavy atom. The van der Waals surface area contributed by atoms with Crippen molar-refractivity contribution in [3.8, 4) is 11.3 Å². The Morgan fingerprint density at radius 3 is 2.53 bits per heavy atom. The molecular weight excluding hydrogens is 437 g/mol. The first kappa shape index (κ1) is 20.3. The summed E-state index contributed by atoms with van der Waals surface area (Å²) in [5, 5.41) is 3.06. The van der Waals surface area contributed by atoms with Crippen molar-refractivity contribution in [3.63, 3.8) is 0 Å². The Bertz CT molecular complexity index is 1180. The number of amides is 1. The highest BCUT2D eigenvalue weighted by Gasteiger charge is 2.34. The lowest BCUT2D eigenvalue weighted by molar-refractivity contribution is -0.137. The van der Waals surface area contributed by atoms with Gasteiger partial charge < -0.3 is 9.73 Å². The van der Waals surface area contributed by atoms with E-state index in [0.717, 1.165) is 17.8 Å². The normalized spacial score (nSPS) is 17.0. The highest BCUT2D eigenvalue weighted by atomic mass is 35.5. The number of para-hydroxylation sites is 1. The number of nitrogens with one attached hydrogen (secondary N) is 1. The van der Waals surface area contributed by atoms with Crippen LogP contribution in [0.4, 0.5) is 18.9 Å². The van der Waals surface area contributed by atoms with Crippen molar-refractivity contribution in [2.75, 3.05) is 0 Å². The minimum Gasteiger partial charge on any atom is -0.457 e. The number of nitrogens with zero attached hydrogens (tertiary/aromatic N) is 1. The van der Waals surface area contributed by atoms with Gasteiger partial charge in [0, 0.05) is 11.6 Å². The molecule has 0 aliphatic carbocycles. The highest BCUT2D eigenvalue weighted by Crippen LogP contribution is 2.38. The van der Waals surface area contributed by atoms with Gasteiger partial charge >= 0.3 is 6.18 Å². The van der Waals surface area contributed by atoms with Crippen molar-refractivity contribution in [1.82, 2.24) is 5.32 Å². The minimum absolute atomic E-state index is 0.0563. The number of alkyl halides is 3. The summed E-state index contributed by atoms with van der Waals surface area (Å²) in [5.41, 5.74) is -0.438. The Balaban J connectivity index is 1.59. The van der Waals surface area contributed by atoms with Crippen molar-refractivity contribution in [2.45, 2.75) is 6.18 Å². The zero-order valence-electron chi connectivity index (χ0n) is 15.0. The van der Waals surface area contributed by atoms with Crippen molar-refractivity contribution in [2.24, 2.45) is 4.99 Å². The summed E-state index contributed by atoms with van der Waals surface area (Å²) in [6, 6.07) is 15.5. The van der Waals surface area contributed by atoms with E-state index >= 15 is 0 Å². The Kier molecular flexibility index (Phi) is 5.44. The van der Waals surface area contributed by atoms with E-state index in [4.69, 9.17) is 16.0 Å². The molecule has 0 bridgehead atoms. The molecule has 0 radical (unpaired) electrons.